The van der Waals surface area contributed by atoms with Crippen molar-refractivity contribution in [2.45, 2.75) is 6.61 Å². The topological polar surface area (TPSA) is 78.8 Å². The maximum atomic E-state index is 11.7. The van der Waals surface area contributed by atoms with Crippen LogP contribution in [-0.2, 0) is 11.3 Å². The van der Waals surface area contributed by atoms with Gasteiger partial charge in [0.25, 0.3) is 0 Å². The van der Waals surface area contributed by atoms with Gasteiger partial charge in [-0.3, -0.25) is 5.32 Å². The van der Waals surface area contributed by atoms with E-state index in [4.69, 9.17) is 26.4 Å². The largest absolute Gasteiger partial charge is 0.488 e. The highest BCUT2D eigenvalue weighted by atomic mass is 35.5. The van der Waals surface area contributed by atoms with Gasteiger partial charge in [0.15, 0.2) is 0 Å². The Labute approximate surface area is 127 Å². The van der Waals surface area contributed by atoms with E-state index in [1.165, 1.54) is 18.2 Å². The molecule has 0 bridgehead atoms. The summed E-state index contributed by atoms with van der Waals surface area (Å²) in [6.45, 7) is 0.151. The Balaban J connectivity index is 1.93. The summed E-state index contributed by atoms with van der Waals surface area (Å²) >= 11 is 5.94. The zero-order chi connectivity index (χ0) is 15.2. The molecule has 0 saturated heterocycles. The first-order valence-electron chi connectivity index (χ1n) is 6.19. The number of rotatable bonds is 4. The molecule has 0 aliphatic carbocycles. The summed E-state index contributed by atoms with van der Waals surface area (Å²) in [5.41, 5.74) is 1.44. The van der Waals surface area contributed by atoms with Gasteiger partial charge in [-0.25, -0.2) is 4.79 Å². The molecule has 21 heavy (non-hydrogen) atoms. The Bertz CT molecular complexity index is 622. The van der Waals surface area contributed by atoms with Gasteiger partial charge < -0.3 is 14.8 Å². The SMILES string of the molecule is O=C(Nc1ccc(B(O)O)cc1Cl)OCc1ccccc1. The van der Waals surface area contributed by atoms with Gasteiger partial charge in [0.05, 0.1) is 10.7 Å². The minimum absolute atomic E-state index is 0.151. The van der Waals surface area contributed by atoms with Gasteiger partial charge in [0.1, 0.15) is 6.61 Å². The molecule has 0 heterocycles. The van der Waals surface area contributed by atoms with E-state index in [1.807, 2.05) is 30.3 Å². The lowest BCUT2D eigenvalue weighted by Crippen LogP contribution is -2.29. The molecule has 1 amide bonds. The smallest absolute Gasteiger partial charge is 0.444 e. The van der Waals surface area contributed by atoms with Gasteiger partial charge in [-0.2, -0.15) is 0 Å². The Morgan fingerprint density at radius 3 is 2.52 bits per heavy atom. The van der Waals surface area contributed by atoms with E-state index < -0.39 is 13.2 Å². The van der Waals surface area contributed by atoms with Crippen molar-refractivity contribution < 1.29 is 19.6 Å². The number of carbonyl (C=O) groups excluding carboxylic acids is 1. The molecule has 0 saturated carbocycles. The fourth-order valence-corrected chi connectivity index (χ4v) is 1.90. The number of halogens is 1. The van der Waals surface area contributed by atoms with Crippen LogP contribution in [0.3, 0.4) is 0 Å². The lowest BCUT2D eigenvalue weighted by molar-refractivity contribution is 0.155. The maximum Gasteiger partial charge on any atom is 0.488 e. The second kappa shape index (κ2) is 7.13. The summed E-state index contributed by atoms with van der Waals surface area (Å²) in [5.74, 6) is 0. The minimum Gasteiger partial charge on any atom is -0.444 e. The molecule has 5 nitrogen and oxygen atoms in total. The average Bonchev–Trinajstić information content (AvgIpc) is 2.48. The molecule has 2 rings (SSSR count). The average molecular weight is 306 g/mol. The Morgan fingerprint density at radius 2 is 1.90 bits per heavy atom. The quantitative estimate of drug-likeness (QED) is 0.752. The molecule has 0 unspecified atom stereocenters. The van der Waals surface area contributed by atoms with Crippen LogP contribution in [0.2, 0.25) is 5.02 Å². The molecular formula is C14H13BClNO4. The van der Waals surface area contributed by atoms with Gasteiger partial charge in [-0.15, -0.1) is 0 Å². The highest BCUT2D eigenvalue weighted by Gasteiger charge is 2.14. The Hall–Kier alpha value is -2.02. The molecular weight excluding hydrogens is 292 g/mol. The summed E-state index contributed by atoms with van der Waals surface area (Å²) < 4.78 is 5.06. The summed E-state index contributed by atoms with van der Waals surface area (Å²) in [5, 5.41) is 20.7. The first-order valence-corrected chi connectivity index (χ1v) is 6.57. The normalized spacial score (nSPS) is 10.0. The van der Waals surface area contributed by atoms with Crippen LogP contribution in [0.1, 0.15) is 5.56 Å². The molecule has 108 valence electrons. The van der Waals surface area contributed by atoms with Crippen LogP contribution in [0.5, 0.6) is 0 Å². The Kier molecular flexibility index (Phi) is 5.22. The van der Waals surface area contributed by atoms with E-state index in [2.05, 4.69) is 5.32 Å². The molecule has 7 heteroatoms. The molecule has 0 aromatic heterocycles. The number of ether oxygens (including phenoxy) is 1. The fraction of sp³-hybridized carbons (Fsp3) is 0.0714. The summed E-state index contributed by atoms with van der Waals surface area (Å²) in [4.78, 5) is 11.7. The van der Waals surface area contributed by atoms with Crippen LogP contribution in [-0.4, -0.2) is 23.3 Å². The fourth-order valence-electron chi connectivity index (χ4n) is 1.66. The van der Waals surface area contributed by atoms with Crippen molar-refractivity contribution in [3.05, 3.63) is 59.1 Å². The lowest BCUT2D eigenvalue weighted by Gasteiger charge is -2.09. The summed E-state index contributed by atoms with van der Waals surface area (Å²) in [6.07, 6.45) is -0.641. The van der Waals surface area contributed by atoms with Crippen LogP contribution in [0.15, 0.2) is 48.5 Å². The highest BCUT2D eigenvalue weighted by molar-refractivity contribution is 6.59. The molecule has 0 atom stereocenters. The van der Waals surface area contributed by atoms with Crippen molar-refractivity contribution in [1.29, 1.82) is 0 Å². The van der Waals surface area contributed by atoms with E-state index in [0.717, 1.165) is 5.56 Å². The predicted octanol–water partition coefficient (Wildman–Crippen LogP) is 1.77. The van der Waals surface area contributed by atoms with Crippen LogP contribution in [0, 0.1) is 0 Å². The molecule has 0 radical (unpaired) electrons. The summed E-state index contributed by atoms with van der Waals surface area (Å²) in [6, 6.07) is 13.6. The molecule has 3 N–H and O–H groups in total. The molecule has 0 fully saturated rings. The summed E-state index contributed by atoms with van der Waals surface area (Å²) in [7, 11) is -1.61. The van der Waals surface area contributed by atoms with Gasteiger partial charge in [-0.1, -0.05) is 48.0 Å². The van der Waals surface area contributed by atoms with Crippen LogP contribution in [0.4, 0.5) is 10.5 Å². The van der Waals surface area contributed by atoms with Crippen LogP contribution < -0.4 is 10.8 Å². The second-order valence-electron chi connectivity index (χ2n) is 4.30. The highest BCUT2D eigenvalue weighted by Crippen LogP contribution is 2.20. The van der Waals surface area contributed by atoms with Crippen molar-refractivity contribution >= 4 is 36.0 Å². The maximum absolute atomic E-state index is 11.7. The molecule has 2 aromatic carbocycles. The predicted molar refractivity (Wildman–Crippen MR) is 81.5 cm³/mol. The molecule has 0 spiro atoms. The van der Waals surface area contributed by atoms with Crippen molar-refractivity contribution in [3.63, 3.8) is 0 Å². The zero-order valence-corrected chi connectivity index (χ0v) is 11.7. The third kappa shape index (κ3) is 4.49. The van der Waals surface area contributed by atoms with Gasteiger partial charge in [0, 0.05) is 0 Å². The number of anilines is 1. The van der Waals surface area contributed by atoms with Crippen LogP contribution >= 0.6 is 11.6 Å². The second-order valence-corrected chi connectivity index (χ2v) is 4.71. The number of hydrogen-bond acceptors (Lipinski definition) is 4. The van der Waals surface area contributed by atoms with Gasteiger partial charge >= 0.3 is 13.2 Å². The van der Waals surface area contributed by atoms with Gasteiger partial charge in [0.2, 0.25) is 0 Å². The van der Waals surface area contributed by atoms with E-state index in [1.54, 1.807) is 0 Å². The number of benzene rings is 2. The molecule has 2 aromatic rings. The van der Waals surface area contributed by atoms with E-state index in [0.29, 0.717) is 5.69 Å². The number of carbonyl (C=O) groups is 1. The van der Waals surface area contributed by atoms with Crippen molar-refractivity contribution in [3.8, 4) is 0 Å². The molecule has 0 aliphatic heterocycles. The minimum atomic E-state index is -1.61. The van der Waals surface area contributed by atoms with Crippen molar-refractivity contribution in [2.75, 3.05) is 5.32 Å². The Morgan fingerprint density at radius 1 is 1.19 bits per heavy atom. The monoisotopic (exact) mass is 305 g/mol. The van der Waals surface area contributed by atoms with E-state index in [9.17, 15) is 4.79 Å². The first-order chi connectivity index (χ1) is 10.1. The van der Waals surface area contributed by atoms with Crippen molar-refractivity contribution in [1.82, 2.24) is 0 Å². The standard InChI is InChI=1S/C14H13BClNO4/c16-12-8-11(15(19)20)6-7-13(12)17-14(18)21-9-10-4-2-1-3-5-10/h1-8,19-20H,9H2,(H,17,18). The van der Waals surface area contributed by atoms with Crippen LogP contribution in [0.25, 0.3) is 0 Å². The number of hydrogen-bond donors (Lipinski definition) is 3. The van der Waals surface area contributed by atoms with E-state index >= 15 is 0 Å². The third-order valence-electron chi connectivity index (χ3n) is 2.74. The lowest BCUT2D eigenvalue weighted by atomic mass is 9.80. The zero-order valence-electron chi connectivity index (χ0n) is 11.0. The third-order valence-corrected chi connectivity index (χ3v) is 3.05. The number of nitrogens with one attached hydrogen (secondary N) is 1. The van der Waals surface area contributed by atoms with Crippen molar-refractivity contribution in [2.24, 2.45) is 0 Å². The molecule has 0 aliphatic rings. The number of amides is 1. The van der Waals surface area contributed by atoms with E-state index in [-0.39, 0.29) is 17.1 Å². The van der Waals surface area contributed by atoms with Gasteiger partial charge in [-0.05, 0) is 23.2 Å². The first kappa shape index (κ1) is 15.4.